The van der Waals surface area contributed by atoms with E-state index in [1.54, 1.807) is 0 Å². The average Bonchev–Trinajstić information content (AvgIpc) is 2.37. The Labute approximate surface area is 69.5 Å². The highest BCUT2D eigenvalue weighted by Gasteiger charge is 2.01. The number of rotatable bonds is 4. The first kappa shape index (κ1) is 8.49. The van der Waals surface area contributed by atoms with E-state index < -0.39 is 0 Å². The van der Waals surface area contributed by atoms with E-state index in [4.69, 9.17) is 16.3 Å². The zero-order chi connectivity index (χ0) is 8.10. The average molecular weight is 177 g/mol. The third-order valence-corrected chi connectivity index (χ3v) is 1.18. The Hall–Kier alpha value is -0.610. The molecule has 11 heavy (non-hydrogen) atoms. The van der Waals surface area contributed by atoms with Gasteiger partial charge in [0.05, 0.1) is 0 Å². The Balaban J connectivity index is 2.27. The predicted octanol–water partition coefficient (Wildman–Crippen LogP) is 1.65. The molecule has 1 rings (SSSR count). The van der Waals surface area contributed by atoms with Crippen LogP contribution < -0.4 is 0 Å². The van der Waals surface area contributed by atoms with E-state index in [9.17, 15) is 0 Å². The SMILES string of the molecule is CCCOCc1noc(Cl)n1. The van der Waals surface area contributed by atoms with Crippen LogP contribution in [0.15, 0.2) is 4.52 Å². The van der Waals surface area contributed by atoms with Crippen molar-refractivity contribution in [1.29, 1.82) is 0 Å². The molecule has 62 valence electrons. The molecule has 0 saturated carbocycles. The number of hydrogen-bond donors (Lipinski definition) is 0. The molecule has 0 atom stereocenters. The number of aromatic nitrogens is 2. The van der Waals surface area contributed by atoms with Gasteiger partial charge in [0.25, 0.3) is 0 Å². The summed E-state index contributed by atoms with van der Waals surface area (Å²) < 4.78 is 9.66. The van der Waals surface area contributed by atoms with Gasteiger partial charge in [-0.2, -0.15) is 4.98 Å². The van der Waals surface area contributed by atoms with Crippen molar-refractivity contribution >= 4 is 11.6 Å². The molecule has 0 spiro atoms. The highest BCUT2D eigenvalue weighted by atomic mass is 35.5. The van der Waals surface area contributed by atoms with Gasteiger partial charge in [0, 0.05) is 6.61 Å². The minimum Gasteiger partial charge on any atom is -0.373 e. The van der Waals surface area contributed by atoms with Gasteiger partial charge in [-0.15, -0.1) is 0 Å². The number of halogens is 1. The van der Waals surface area contributed by atoms with Crippen LogP contribution in [0.1, 0.15) is 19.2 Å². The van der Waals surface area contributed by atoms with Crippen LogP contribution >= 0.6 is 11.6 Å². The summed E-state index contributed by atoms with van der Waals surface area (Å²) in [6, 6.07) is 0. The highest BCUT2D eigenvalue weighted by molar-refractivity contribution is 6.27. The molecule has 0 fully saturated rings. The van der Waals surface area contributed by atoms with E-state index in [2.05, 4.69) is 14.7 Å². The normalized spacial score (nSPS) is 10.4. The lowest BCUT2D eigenvalue weighted by molar-refractivity contribution is 0.114. The van der Waals surface area contributed by atoms with Crippen molar-refractivity contribution in [2.45, 2.75) is 20.0 Å². The Kier molecular flexibility index (Phi) is 3.32. The molecule has 1 heterocycles. The van der Waals surface area contributed by atoms with Crippen LogP contribution in [0.2, 0.25) is 5.35 Å². The van der Waals surface area contributed by atoms with Crippen LogP contribution in [-0.4, -0.2) is 16.7 Å². The largest absolute Gasteiger partial charge is 0.373 e. The van der Waals surface area contributed by atoms with Gasteiger partial charge in [-0.05, 0) is 18.0 Å². The van der Waals surface area contributed by atoms with E-state index in [0.29, 0.717) is 19.0 Å². The van der Waals surface area contributed by atoms with Crippen LogP contribution in [0.4, 0.5) is 0 Å². The standard InChI is InChI=1S/C6H9ClN2O2/c1-2-3-10-4-5-8-6(7)11-9-5/h2-4H2,1H3. The van der Waals surface area contributed by atoms with Crippen molar-refractivity contribution < 1.29 is 9.26 Å². The second-order valence-corrected chi connectivity index (χ2v) is 2.34. The van der Waals surface area contributed by atoms with Crippen LogP contribution in [0, 0.1) is 0 Å². The Morgan fingerprint density at radius 3 is 3.00 bits per heavy atom. The monoisotopic (exact) mass is 176 g/mol. The third-order valence-electron chi connectivity index (χ3n) is 1.02. The lowest BCUT2D eigenvalue weighted by Crippen LogP contribution is -1.95. The molecule has 0 bridgehead atoms. The van der Waals surface area contributed by atoms with Gasteiger partial charge in [-0.25, -0.2) is 0 Å². The summed E-state index contributed by atoms with van der Waals surface area (Å²) in [4.78, 5) is 3.75. The molecule has 0 saturated heterocycles. The molecule has 0 aliphatic heterocycles. The maximum Gasteiger partial charge on any atom is 0.320 e. The molecule has 0 radical (unpaired) electrons. The zero-order valence-corrected chi connectivity index (χ0v) is 6.97. The fourth-order valence-corrected chi connectivity index (χ4v) is 0.731. The molecule has 0 aromatic carbocycles. The first-order valence-corrected chi connectivity index (χ1v) is 3.76. The van der Waals surface area contributed by atoms with Gasteiger partial charge < -0.3 is 9.26 Å². The zero-order valence-electron chi connectivity index (χ0n) is 6.21. The molecule has 4 nitrogen and oxygen atoms in total. The number of nitrogens with zero attached hydrogens (tertiary/aromatic N) is 2. The summed E-state index contributed by atoms with van der Waals surface area (Å²) in [5.74, 6) is 0.489. The lowest BCUT2D eigenvalue weighted by atomic mass is 10.5. The first-order chi connectivity index (χ1) is 5.33. The van der Waals surface area contributed by atoms with Crippen molar-refractivity contribution in [1.82, 2.24) is 10.1 Å². The van der Waals surface area contributed by atoms with Crippen LogP contribution in [0.5, 0.6) is 0 Å². The lowest BCUT2D eigenvalue weighted by Gasteiger charge is -1.94. The summed E-state index contributed by atoms with van der Waals surface area (Å²) in [6.07, 6.45) is 0.978. The van der Waals surface area contributed by atoms with Gasteiger partial charge in [0.2, 0.25) is 0 Å². The summed E-state index contributed by atoms with van der Waals surface area (Å²) in [6.45, 7) is 3.10. The molecular formula is C6H9ClN2O2. The third kappa shape index (κ3) is 2.86. The van der Waals surface area contributed by atoms with E-state index >= 15 is 0 Å². The maximum atomic E-state index is 5.38. The van der Waals surface area contributed by atoms with Gasteiger partial charge in [0.15, 0.2) is 5.82 Å². The molecule has 0 aliphatic rings. The van der Waals surface area contributed by atoms with Gasteiger partial charge in [-0.3, -0.25) is 0 Å². The minimum absolute atomic E-state index is 0.0556. The van der Waals surface area contributed by atoms with E-state index in [1.807, 2.05) is 6.92 Å². The first-order valence-electron chi connectivity index (χ1n) is 3.38. The Bertz CT molecular complexity index is 214. The van der Waals surface area contributed by atoms with Gasteiger partial charge >= 0.3 is 5.35 Å². The molecule has 1 aromatic rings. The molecule has 5 heteroatoms. The smallest absolute Gasteiger partial charge is 0.320 e. The molecular weight excluding hydrogens is 168 g/mol. The van der Waals surface area contributed by atoms with E-state index in [-0.39, 0.29) is 5.35 Å². The van der Waals surface area contributed by atoms with Gasteiger partial charge in [0.1, 0.15) is 6.61 Å². The molecule has 0 amide bonds. The molecule has 0 N–H and O–H groups in total. The van der Waals surface area contributed by atoms with Crippen molar-refractivity contribution in [3.05, 3.63) is 11.2 Å². The van der Waals surface area contributed by atoms with E-state index in [0.717, 1.165) is 6.42 Å². The predicted molar refractivity (Wildman–Crippen MR) is 39.3 cm³/mol. The molecule has 1 aromatic heterocycles. The van der Waals surface area contributed by atoms with Gasteiger partial charge in [-0.1, -0.05) is 12.1 Å². The quantitative estimate of drug-likeness (QED) is 0.655. The fraction of sp³-hybridized carbons (Fsp3) is 0.667. The van der Waals surface area contributed by atoms with Crippen molar-refractivity contribution in [3.63, 3.8) is 0 Å². The van der Waals surface area contributed by atoms with Crippen LogP contribution in [-0.2, 0) is 11.3 Å². The summed E-state index contributed by atoms with van der Waals surface area (Å²) >= 11 is 5.38. The van der Waals surface area contributed by atoms with Crippen LogP contribution in [0.3, 0.4) is 0 Å². The number of hydrogen-bond acceptors (Lipinski definition) is 4. The summed E-state index contributed by atoms with van der Waals surface area (Å²) in [5.41, 5.74) is 0. The topological polar surface area (TPSA) is 48.2 Å². The Morgan fingerprint density at radius 2 is 2.45 bits per heavy atom. The second-order valence-electron chi connectivity index (χ2n) is 2.02. The fourth-order valence-electron chi connectivity index (χ4n) is 0.599. The van der Waals surface area contributed by atoms with Crippen molar-refractivity contribution in [2.75, 3.05) is 6.61 Å². The van der Waals surface area contributed by atoms with Crippen LogP contribution in [0.25, 0.3) is 0 Å². The van der Waals surface area contributed by atoms with Crippen molar-refractivity contribution in [2.24, 2.45) is 0 Å². The van der Waals surface area contributed by atoms with E-state index in [1.165, 1.54) is 0 Å². The second kappa shape index (κ2) is 4.31. The number of ether oxygens (including phenoxy) is 1. The minimum atomic E-state index is 0.0556. The molecule has 0 aliphatic carbocycles. The molecule has 0 unspecified atom stereocenters. The summed E-state index contributed by atoms with van der Waals surface area (Å²) in [7, 11) is 0. The Morgan fingerprint density at radius 1 is 1.64 bits per heavy atom. The van der Waals surface area contributed by atoms with Crippen molar-refractivity contribution in [3.8, 4) is 0 Å². The maximum absolute atomic E-state index is 5.38. The highest BCUT2D eigenvalue weighted by Crippen LogP contribution is 2.03. The summed E-state index contributed by atoms with van der Waals surface area (Å²) in [5, 5.41) is 3.60.